The Kier molecular flexibility index (Phi) is 6.76. The van der Waals surface area contributed by atoms with Gasteiger partial charge in [0, 0.05) is 32.1 Å². The smallest absolute Gasteiger partial charge is 0.137 e. The van der Waals surface area contributed by atoms with Gasteiger partial charge in [0.05, 0.1) is 0 Å². The molecule has 0 aliphatic carbocycles. The van der Waals surface area contributed by atoms with E-state index in [-0.39, 0.29) is 0 Å². The van der Waals surface area contributed by atoms with E-state index in [9.17, 15) is 0 Å². The Morgan fingerprint density at radius 3 is 2.40 bits per heavy atom. The van der Waals surface area contributed by atoms with Crippen LogP contribution >= 0.6 is 0 Å². The number of aryl methyl sites for hydroxylation is 1. The maximum Gasteiger partial charge on any atom is 0.137 e. The van der Waals surface area contributed by atoms with E-state index in [0.717, 1.165) is 49.0 Å². The summed E-state index contributed by atoms with van der Waals surface area (Å²) in [5.41, 5.74) is 1.15. The molecule has 0 amide bonds. The second-order valence-electron chi connectivity index (χ2n) is 5.49. The van der Waals surface area contributed by atoms with Crippen molar-refractivity contribution < 1.29 is 0 Å². The molecule has 1 atom stereocenters. The summed E-state index contributed by atoms with van der Waals surface area (Å²) in [4.78, 5) is 11.8. The molecular weight excluding hydrogens is 248 g/mol. The van der Waals surface area contributed by atoms with Crippen LogP contribution in [0.5, 0.6) is 0 Å². The number of anilines is 2. The lowest BCUT2D eigenvalue weighted by atomic mass is 10.1. The molecule has 1 rings (SSSR count). The highest BCUT2D eigenvalue weighted by Gasteiger charge is 2.16. The van der Waals surface area contributed by atoms with Crippen molar-refractivity contribution in [3.05, 3.63) is 11.4 Å². The normalized spacial score (nSPS) is 12.3. The van der Waals surface area contributed by atoms with E-state index in [0.29, 0.717) is 5.92 Å². The largest absolute Gasteiger partial charge is 0.373 e. The van der Waals surface area contributed by atoms with Gasteiger partial charge in [0.25, 0.3) is 0 Å². The van der Waals surface area contributed by atoms with E-state index in [4.69, 9.17) is 4.98 Å². The third-order valence-electron chi connectivity index (χ3n) is 3.79. The molecule has 0 saturated carbocycles. The maximum absolute atomic E-state index is 4.80. The predicted molar refractivity (Wildman–Crippen MR) is 87.7 cm³/mol. The standard InChI is InChI=1S/C16H30N4/c1-7-10-14-18-15(17-6)13(5)16(19-14)20(9-3)11-12(4)8-2/h12H,7-11H2,1-6H3,(H,17,18,19). The predicted octanol–water partition coefficient (Wildman–Crippen LogP) is 3.65. The van der Waals surface area contributed by atoms with Gasteiger partial charge in [0.1, 0.15) is 17.5 Å². The monoisotopic (exact) mass is 278 g/mol. The van der Waals surface area contributed by atoms with Crippen molar-refractivity contribution in [2.75, 3.05) is 30.4 Å². The van der Waals surface area contributed by atoms with Crippen LogP contribution in [0, 0.1) is 12.8 Å². The third-order valence-corrected chi connectivity index (χ3v) is 3.79. The summed E-state index contributed by atoms with van der Waals surface area (Å²) in [5.74, 6) is 3.67. The first-order valence-electron chi connectivity index (χ1n) is 7.87. The highest BCUT2D eigenvalue weighted by Crippen LogP contribution is 2.24. The molecule has 0 fully saturated rings. The van der Waals surface area contributed by atoms with Crippen LogP contribution in [0.3, 0.4) is 0 Å². The number of hydrogen-bond acceptors (Lipinski definition) is 4. The van der Waals surface area contributed by atoms with Crippen LogP contribution in [0.15, 0.2) is 0 Å². The van der Waals surface area contributed by atoms with E-state index in [1.54, 1.807) is 0 Å². The summed E-state index contributed by atoms with van der Waals surface area (Å²) in [6.07, 6.45) is 3.20. The van der Waals surface area contributed by atoms with Crippen LogP contribution in [0.2, 0.25) is 0 Å². The molecule has 20 heavy (non-hydrogen) atoms. The minimum atomic E-state index is 0.678. The molecule has 0 aliphatic heterocycles. The molecule has 1 heterocycles. The van der Waals surface area contributed by atoms with Crippen LogP contribution in [-0.4, -0.2) is 30.1 Å². The summed E-state index contributed by atoms with van der Waals surface area (Å²) in [6, 6.07) is 0. The number of nitrogens with one attached hydrogen (secondary N) is 1. The first-order chi connectivity index (χ1) is 9.57. The van der Waals surface area contributed by atoms with Gasteiger partial charge in [-0.15, -0.1) is 0 Å². The lowest BCUT2D eigenvalue weighted by Gasteiger charge is -2.27. The van der Waals surface area contributed by atoms with Gasteiger partial charge in [-0.25, -0.2) is 9.97 Å². The molecule has 4 heteroatoms. The minimum Gasteiger partial charge on any atom is -0.373 e. The Morgan fingerprint density at radius 2 is 1.90 bits per heavy atom. The highest BCUT2D eigenvalue weighted by molar-refractivity contribution is 5.58. The molecule has 0 aromatic carbocycles. The van der Waals surface area contributed by atoms with E-state index in [1.807, 2.05) is 7.05 Å². The molecule has 1 unspecified atom stereocenters. The number of hydrogen-bond donors (Lipinski definition) is 1. The van der Waals surface area contributed by atoms with Crippen molar-refractivity contribution in [3.8, 4) is 0 Å². The lowest BCUT2D eigenvalue weighted by Crippen LogP contribution is -2.30. The van der Waals surface area contributed by atoms with Gasteiger partial charge in [-0.1, -0.05) is 27.2 Å². The average molecular weight is 278 g/mol. The van der Waals surface area contributed by atoms with Gasteiger partial charge < -0.3 is 10.2 Å². The average Bonchev–Trinajstić information content (AvgIpc) is 2.46. The zero-order valence-corrected chi connectivity index (χ0v) is 14.0. The van der Waals surface area contributed by atoms with Crippen molar-refractivity contribution in [2.45, 2.75) is 53.9 Å². The number of rotatable bonds is 8. The third kappa shape index (κ3) is 4.09. The topological polar surface area (TPSA) is 41.1 Å². The Balaban J connectivity index is 3.14. The molecular formula is C16H30N4. The SMILES string of the molecule is CCCc1nc(NC)c(C)c(N(CC)CC(C)CC)n1. The second kappa shape index (κ2) is 8.08. The van der Waals surface area contributed by atoms with Crippen molar-refractivity contribution >= 4 is 11.6 Å². The molecule has 0 bridgehead atoms. The molecule has 1 aromatic rings. The molecule has 1 aromatic heterocycles. The Bertz CT molecular complexity index is 417. The summed E-state index contributed by atoms with van der Waals surface area (Å²) >= 11 is 0. The Labute approximate surface area is 124 Å². The maximum atomic E-state index is 4.80. The van der Waals surface area contributed by atoms with Crippen LogP contribution in [0.4, 0.5) is 11.6 Å². The van der Waals surface area contributed by atoms with Gasteiger partial charge in [-0.2, -0.15) is 0 Å². The van der Waals surface area contributed by atoms with Gasteiger partial charge >= 0.3 is 0 Å². The second-order valence-corrected chi connectivity index (χ2v) is 5.49. The van der Waals surface area contributed by atoms with Crippen molar-refractivity contribution in [1.82, 2.24) is 9.97 Å². The molecule has 0 saturated heterocycles. The van der Waals surface area contributed by atoms with E-state index < -0.39 is 0 Å². The van der Waals surface area contributed by atoms with Crippen LogP contribution in [-0.2, 0) is 6.42 Å². The molecule has 0 spiro atoms. The summed E-state index contributed by atoms with van der Waals surface area (Å²) in [6.45, 7) is 13.0. The fourth-order valence-electron chi connectivity index (χ4n) is 2.31. The lowest BCUT2D eigenvalue weighted by molar-refractivity contribution is 0.544. The van der Waals surface area contributed by atoms with Crippen LogP contribution in [0.1, 0.15) is 51.9 Å². The molecule has 0 radical (unpaired) electrons. The number of nitrogens with zero attached hydrogens (tertiary/aromatic N) is 3. The zero-order chi connectivity index (χ0) is 15.1. The first kappa shape index (κ1) is 16.7. The fraction of sp³-hybridized carbons (Fsp3) is 0.750. The van der Waals surface area contributed by atoms with E-state index in [1.165, 1.54) is 6.42 Å². The van der Waals surface area contributed by atoms with Gasteiger partial charge in [0.15, 0.2) is 0 Å². The first-order valence-corrected chi connectivity index (χ1v) is 7.87. The zero-order valence-electron chi connectivity index (χ0n) is 14.0. The number of aromatic nitrogens is 2. The molecule has 114 valence electrons. The molecule has 0 aliphatic rings. The quantitative estimate of drug-likeness (QED) is 0.788. The van der Waals surface area contributed by atoms with Gasteiger partial charge in [-0.05, 0) is 26.2 Å². The molecule has 1 N–H and O–H groups in total. The van der Waals surface area contributed by atoms with Gasteiger partial charge in [0.2, 0.25) is 0 Å². The van der Waals surface area contributed by atoms with Crippen molar-refractivity contribution in [2.24, 2.45) is 5.92 Å². The van der Waals surface area contributed by atoms with Gasteiger partial charge in [-0.3, -0.25) is 0 Å². The Morgan fingerprint density at radius 1 is 1.20 bits per heavy atom. The summed E-state index contributed by atoms with van der Waals surface area (Å²) < 4.78 is 0. The van der Waals surface area contributed by atoms with Crippen LogP contribution < -0.4 is 10.2 Å². The Hall–Kier alpha value is -1.32. The minimum absolute atomic E-state index is 0.678. The van der Waals surface area contributed by atoms with E-state index >= 15 is 0 Å². The van der Waals surface area contributed by atoms with E-state index in [2.05, 4.69) is 49.8 Å². The highest BCUT2D eigenvalue weighted by atomic mass is 15.2. The fourth-order valence-corrected chi connectivity index (χ4v) is 2.31. The molecule has 4 nitrogen and oxygen atoms in total. The van der Waals surface area contributed by atoms with Crippen LogP contribution in [0.25, 0.3) is 0 Å². The summed E-state index contributed by atoms with van der Waals surface area (Å²) in [7, 11) is 1.93. The van der Waals surface area contributed by atoms with Crippen molar-refractivity contribution in [3.63, 3.8) is 0 Å². The van der Waals surface area contributed by atoms with Crippen molar-refractivity contribution in [1.29, 1.82) is 0 Å². The summed E-state index contributed by atoms with van der Waals surface area (Å²) in [5, 5.41) is 3.20.